The topological polar surface area (TPSA) is 62.7 Å². The molecule has 0 atom stereocenters. The normalized spacial score (nSPS) is 20.7. The second kappa shape index (κ2) is 9.31. The Morgan fingerprint density at radius 2 is 1.90 bits per heavy atom. The molecule has 29 heavy (non-hydrogen) atoms. The molecule has 2 aliphatic rings. The highest BCUT2D eigenvalue weighted by Crippen LogP contribution is 2.26. The van der Waals surface area contributed by atoms with E-state index < -0.39 is 10.0 Å². The summed E-state index contributed by atoms with van der Waals surface area (Å²) in [6, 6.07) is 7.54. The summed E-state index contributed by atoms with van der Waals surface area (Å²) in [6.45, 7) is 3.16. The van der Waals surface area contributed by atoms with Gasteiger partial charge in [0.1, 0.15) is 6.10 Å². The summed E-state index contributed by atoms with van der Waals surface area (Å²) in [5, 5.41) is 3.25. The molecule has 2 aromatic rings. The minimum atomic E-state index is -3.31. The third-order valence-electron chi connectivity index (χ3n) is 5.73. The number of thiazole rings is 1. The van der Waals surface area contributed by atoms with Crippen LogP contribution in [-0.4, -0.2) is 60.9 Å². The van der Waals surface area contributed by atoms with E-state index in [1.165, 1.54) is 11.3 Å². The number of ether oxygens (including phenoxy) is 1. The second-order valence-electron chi connectivity index (χ2n) is 7.67. The van der Waals surface area contributed by atoms with Crippen LogP contribution in [0.15, 0.2) is 35.8 Å². The van der Waals surface area contributed by atoms with Crippen LogP contribution in [0.1, 0.15) is 31.2 Å². The third kappa shape index (κ3) is 5.49. The molecule has 0 bridgehead atoms. The lowest BCUT2D eigenvalue weighted by atomic mass is 10.00. The molecule has 0 saturated carbocycles. The molecule has 0 unspecified atom stereocenters. The SMILES string of the molecule is O=S(=O)(Cc1cccc(Cl)c1)N1CCC(N2CCC(Oc3nccs3)CC2)CC1. The smallest absolute Gasteiger partial charge is 0.273 e. The highest BCUT2D eigenvalue weighted by atomic mass is 35.5. The number of piperidine rings is 2. The maximum Gasteiger partial charge on any atom is 0.273 e. The summed E-state index contributed by atoms with van der Waals surface area (Å²) < 4.78 is 33.2. The van der Waals surface area contributed by atoms with E-state index in [9.17, 15) is 8.42 Å². The minimum absolute atomic E-state index is 0.0116. The first kappa shape index (κ1) is 21.1. The molecule has 4 rings (SSSR count). The van der Waals surface area contributed by atoms with Crippen molar-refractivity contribution < 1.29 is 13.2 Å². The molecule has 0 amide bonds. The zero-order chi connectivity index (χ0) is 20.3. The van der Waals surface area contributed by atoms with Gasteiger partial charge in [-0.25, -0.2) is 17.7 Å². The predicted octanol–water partition coefficient (Wildman–Crippen LogP) is 3.63. The molecule has 158 valence electrons. The van der Waals surface area contributed by atoms with Crippen molar-refractivity contribution in [2.45, 2.75) is 43.6 Å². The van der Waals surface area contributed by atoms with Crippen LogP contribution in [0.5, 0.6) is 5.19 Å². The summed E-state index contributed by atoms with van der Waals surface area (Å²) in [4.78, 5) is 6.70. The standard InChI is InChI=1S/C20H26ClN3O3S2/c21-17-3-1-2-16(14-17)15-29(25,26)24-11-4-18(5-12-24)23-9-6-19(7-10-23)27-20-22-8-13-28-20/h1-3,8,13-14,18-19H,4-7,9-12,15H2. The average molecular weight is 456 g/mol. The first-order valence-corrected chi connectivity index (χ1v) is 12.9. The van der Waals surface area contributed by atoms with E-state index in [2.05, 4.69) is 9.88 Å². The fourth-order valence-electron chi connectivity index (χ4n) is 4.18. The highest BCUT2D eigenvalue weighted by molar-refractivity contribution is 7.88. The Kier molecular flexibility index (Phi) is 6.76. The number of sulfonamides is 1. The molecule has 1 aromatic heterocycles. The van der Waals surface area contributed by atoms with Crippen molar-refractivity contribution in [1.29, 1.82) is 0 Å². The van der Waals surface area contributed by atoms with Crippen molar-refractivity contribution in [3.05, 3.63) is 46.4 Å². The Bertz CT molecular complexity index is 891. The molecule has 0 aliphatic carbocycles. The number of aromatic nitrogens is 1. The molecule has 0 spiro atoms. The Morgan fingerprint density at radius 3 is 2.55 bits per heavy atom. The molecule has 0 N–H and O–H groups in total. The molecule has 2 fully saturated rings. The maximum atomic E-state index is 12.8. The van der Waals surface area contributed by atoms with Gasteiger partial charge in [0.2, 0.25) is 10.0 Å². The van der Waals surface area contributed by atoms with Gasteiger partial charge in [0.25, 0.3) is 5.19 Å². The number of benzene rings is 1. The number of hydrogen-bond donors (Lipinski definition) is 0. The number of nitrogens with zero attached hydrogens (tertiary/aromatic N) is 3. The van der Waals surface area contributed by atoms with Gasteiger partial charge in [0.15, 0.2) is 0 Å². The zero-order valence-corrected chi connectivity index (χ0v) is 18.6. The predicted molar refractivity (Wildman–Crippen MR) is 116 cm³/mol. The molecular weight excluding hydrogens is 430 g/mol. The van der Waals surface area contributed by atoms with Gasteiger partial charge in [-0.3, -0.25) is 0 Å². The first-order chi connectivity index (χ1) is 14.0. The van der Waals surface area contributed by atoms with E-state index in [1.807, 2.05) is 11.4 Å². The average Bonchev–Trinajstić information content (AvgIpc) is 3.21. The van der Waals surface area contributed by atoms with E-state index in [4.69, 9.17) is 16.3 Å². The lowest BCUT2D eigenvalue weighted by Gasteiger charge is -2.41. The molecule has 3 heterocycles. The van der Waals surface area contributed by atoms with Gasteiger partial charge in [-0.05, 0) is 43.4 Å². The van der Waals surface area contributed by atoms with Gasteiger partial charge in [0, 0.05) is 48.8 Å². The summed E-state index contributed by atoms with van der Waals surface area (Å²) in [7, 11) is -3.31. The van der Waals surface area contributed by atoms with Gasteiger partial charge in [-0.1, -0.05) is 35.1 Å². The number of rotatable bonds is 6. The third-order valence-corrected chi connectivity index (χ3v) is 8.47. The Hall–Kier alpha value is -1.19. The molecule has 6 nitrogen and oxygen atoms in total. The Balaban J connectivity index is 1.25. The highest BCUT2D eigenvalue weighted by Gasteiger charge is 2.32. The Labute approximate surface area is 181 Å². The van der Waals surface area contributed by atoms with Gasteiger partial charge < -0.3 is 9.64 Å². The molecule has 0 radical (unpaired) electrons. The summed E-state index contributed by atoms with van der Waals surface area (Å²) >= 11 is 7.52. The van der Waals surface area contributed by atoms with Crippen molar-refractivity contribution in [3.63, 3.8) is 0 Å². The summed E-state index contributed by atoms with van der Waals surface area (Å²) in [5.74, 6) is 0.0116. The zero-order valence-electron chi connectivity index (χ0n) is 16.2. The monoisotopic (exact) mass is 455 g/mol. The minimum Gasteiger partial charge on any atom is -0.467 e. The van der Waals surface area contributed by atoms with Crippen molar-refractivity contribution in [1.82, 2.24) is 14.2 Å². The fourth-order valence-corrected chi connectivity index (χ4v) is 6.50. The van der Waals surface area contributed by atoms with E-state index in [0.717, 1.165) is 49.5 Å². The molecule has 9 heteroatoms. The van der Waals surface area contributed by atoms with Crippen LogP contribution in [0.3, 0.4) is 0 Å². The van der Waals surface area contributed by atoms with E-state index >= 15 is 0 Å². The summed E-state index contributed by atoms with van der Waals surface area (Å²) in [6.07, 6.45) is 5.75. The van der Waals surface area contributed by atoms with Crippen LogP contribution in [0, 0.1) is 0 Å². The number of hydrogen-bond acceptors (Lipinski definition) is 6. The van der Waals surface area contributed by atoms with E-state index in [1.54, 1.807) is 28.7 Å². The van der Waals surface area contributed by atoms with Gasteiger partial charge in [-0.2, -0.15) is 0 Å². The maximum absolute atomic E-state index is 12.8. The largest absolute Gasteiger partial charge is 0.467 e. The molecule has 2 saturated heterocycles. The van der Waals surface area contributed by atoms with Crippen molar-refractivity contribution in [2.75, 3.05) is 26.2 Å². The molecular formula is C20H26ClN3O3S2. The van der Waals surface area contributed by atoms with Crippen molar-refractivity contribution >= 4 is 33.0 Å². The van der Waals surface area contributed by atoms with Gasteiger partial charge in [-0.15, -0.1) is 0 Å². The number of halogens is 1. The second-order valence-corrected chi connectivity index (χ2v) is 10.9. The van der Waals surface area contributed by atoms with Crippen molar-refractivity contribution in [3.8, 4) is 5.19 Å². The molecule has 1 aromatic carbocycles. The summed E-state index contributed by atoms with van der Waals surface area (Å²) in [5.41, 5.74) is 0.738. The molecule has 2 aliphatic heterocycles. The van der Waals surface area contributed by atoms with E-state index in [0.29, 0.717) is 24.2 Å². The van der Waals surface area contributed by atoms with Crippen LogP contribution in [0.25, 0.3) is 0 Å². The van der Waals surface area contributed by atoms with Crippen LogP contribution in [0.2, 0.25) is 5.02 Å². The van der Waals surface area contributed by atoms with E-state index in [-0.39, 0.29) is 11.9 Å². The quantitative estimate of drug-likeness (QED) is 0.665. The lowest BCUT2D eigenvalue weighted by molar-refractivity contribution is 0.0584. The van der Waals surface area contributed by atoms with Crippen LogP contribution in [0.4, 0.5) is 0 Å². The lowest BCUT2D eigenvalue weighted by Crippen LogP contribution is -2.50. The van der Waals surface area contributed by atoms with Gasteiger partial charge in [0.05, 0.1) is 5.75 Å². The Morgan fingerprint density at radius 1 is 1.14 bits per heavy atom. The number of likely N-dealkylation sites (tertiary alicyclic amines) is 1. The first-order valence-electron chi connectivity index (χ1n) is 10.0. The van der Waals surface area contributed by atoms with Crippen LogP contribution in [-0.2, 0) is 15.8 Å². The van der Waals surface area contributed by atoms with Crippen LogP contribution >= 0.6 is 22.9 Å². The fraction of sp³-hybridized carbons (Fsp3) is 0.550. The van der Waals surface area contributed by atoms with Gasteiger partial charge >= 0.3 is 0 Å². The van der Waals surface area contributed by atoms with Crippen LogP contribution < -0.4 is 4.74 Å². The van der Waals surface area contributed by atoms with Crippen molar-refractivity contribution in [2.24, 2.45) is 0 Å².